The van der Waals surface area contributed by atoms with Gasteiger partial charge in [-0.3, -0.25) is 10.1 Å². The van der Waals surface area contributed by atoms with E-state index in [9.17, 15) is 4.79 Å². The summed E-state index contributed by atoms with van der Waals surface area (Å²) in [5.41, 5.74) is 1.16. The lowest BCUT2D eigenvalue weighted by Crippen LogP contribution is -2.31. The lowest BCUT2D eigenvalue weighted by Gasteiger charge is -2.24. The van der Waals surface area contributed by atoms with Crippen LogP contribution in [0, 0.1) is 0 Å². The van der Waals surface area contributed by atoms with Gasteiger partial charge in [0.2, 0.25) is 5.91 Å². The second-order valence-corrected chi connectivity index (χ2v) is 4.83. The molecular formula is C15H22N2O2. The molecule has 1 fully saturated rings. The van der Waals surface area contributed by atoms with Gasteiger partial charge >= 0.3 is 0 Å². The highest BCUT2D eigenvalue weighted by Gasteiger charge is 2.30. The van der Waals surface area contributed by atoms with Crippen molar-refractivity contribution in [2.75, 3.05) is 26.8 Å². The van der Waals surface area contributed by atoms with E-state index in [0.29, 0.717) is 6.54 Å². The van der Waals surface area contributed by atoms with Crippen molar-refractivity contribution in [3.63, 3.8) is 0 Å². The van der Waals surface area contributed by atoms with Crippen molar-refractivity contribution in [3.05, 3.63) is 35.9 Å². The number of hydrogen-bond acceptors (Lipinski definition) is 3. The highest BCUT2D eigenvalue weighted by molar-refractivity contribution is 5.80. The lowest BCUT2D eigenvalue weighted by atomic mass is 10.1. The van der Waals surface area contributed by atoms with Gasteiger partial charge in [-0.1, -0.05) is 30.3 Å². The van der Waals surface area contributed by atoms with Crippen LogP contribution in [0.25, 0.3) is 0 Å². The predicted octanol–water partition coefficient (Wildman–Crippen LogP) is 1.93. The molecule has 4 heteroatoms. The zero-order valence-corrected chi connectivity index (χ0v) is 11.5. The second-order valence-electron chi connectivity index (χ2n) is 4.83. The monoisotopic (exact) mass is 262 g/mol. The van der Waals surface area contributed by atoms with Gasteiger partial charge < -0.3 is 9.64 Å². The smallest absolute Gasteiger partial charge is 0.238 e. The average Bonchev–Trinajstić information content (AvgIpc) is 2.81. The van der Waals surface area contributed by atoms with Crippen molar-refractivity contribution in [2.24, 2.45) is 0 Å². The summed E-state index contributed by atoms with van der Waals surface area (Å²) in [7, 11) is 1.72. The molecule has 1 heterocycles. The highest BCUT2D eigenvalue weighted by atomic mass is 16.5. The number of benzene rings is 1. The molecule has 1 aliphatic heterocycles. The third-order valence-corrected chi connectivity index (χ3v) is 3.44. The quantitative estimate of drug-likeness (QED) is 0.763. The number of carbonyl (C=O) groups excluding carboxylic acids is 1. The number of ether oxygens (including phenoxy) is 1. The third-order valence-electron chi connectivity index (χ3n) is 3.44. The average molecular weight is 262 g/mol. The van der Waals surface area contributed by atoms with Crippen LogP contribution in [0.1, 0.15) is 31.0 Å². The van der Waals surface area contributed by atoms with E-state index in [0.717, 1.165) is 38.0 Å². The zero-order chi connectivity index (χ0) is 13.5. The fraction of sp³-hybridized carbons (Fsp3) is 0.533. The summed E-state index contributed by atoms with van der Waals surface area (Å²) in [6.07, 6.45) is 3.22. The van der Waals surface area contributed by atoms with Crippen molar-refractivity contribution in [1.82, 2.24) is 10.2 Å². The van der Waals surface area contributed by atoms with Crippen LogP contribution < -0.4 is 5.32 Å². The molecular weight excluding hydrogens is 240 g/mol. The Morgan fingerprint density at radius 1 is 1.26 bits per heavy atom. The Balaban J connectivity index is 1.87. The van der Waals surface area contributed by atoms with Crippen LogP contribution in [0.4, 0.5) is 0 Å². The molecule has 1 aromatic carbocycles. The predicted molar refractivity (Wildman–Crippen MR) is 74.6 cm³/mol. The zero-order valence-electron chi connectivity index (χ0n) is 11.5. The maximum Gasteiger partial charge on any atom is 0.238 e. The minimum absolute atomic E-state index is 0.0381. The molecule has 0 aromatic heterocycles. The first-order chi connectivity index (χ1) is 9.33. The molecule has 1 amide bonds. The van der Waals surface area contributed by atoms with E-state index < -0.39 is 0 Å². The minimum Gasteiger partial charge on any atom is -0.385 e. The number of nitrogens with one attached hydrogen (secondary N) is 1. The SMILES string of the molecule is COCCCCCN1C(=O)CNC1c1ccccc1. The van der Waals surface area contributed by atoms with E-state index >= 15 is 0 Å². The van der Waals surface area contributed by atoms with Crippen LogP contribution in [0.2, 0.25) is 0 Å². The van der Waals surface area contributed by atoms with Gasteiger partial charge in [0.15, 0.2) is 0 Å². The van der Waals surface area contributed by atoms with Crippen molar-refractivity contribution in [2.45, 2.75) is 25.4 Å². The van der Waals surface area contributed by atoms with E-state index in [1.165, 1.54) is 0 Å². The Labute approximate surface area is 114 Å². The Hall–Kier alpha value is -1.39. The highest BCUT2D eigenvalue weighted by Crippen LogP contribution is 2.22. The normalized spacial score (nSPS) is 19.1. The number of carbonyl (C=O) groups is 1. The summed E-state index contributed by atoms with van der Waals surface area (Å²) in [4.78, 5) is 13.9. The van der Waals surface area contributed by atoms with Crippen LogP contribution >= 0.6 is 0 Å². The van der Waals surface area contributed by atoms with Gasteiger partial charge in [0.1, 0.15) is 6.17 Å². The molecule has 0 saturated carbocycles. The number of amides is 1. The van der Waals surface area contributed by atoms with E-state index in [1.807, 2.05) is 23.1 Å². The first kappa shape index (κ1) is 14.0. The molecule has 4 nitrogen and oxygen atoms in total. The molecule has 1 unspecified atom stereocenters. The van der Waals surface area contributed by atoms with Crippen LogP contribution in [-0.4, -0.2) is 37.6 Å². The number of nitrogens with zero attached hydrogens (tertiary/aromatic N) is 1. The summed E-state index contributed by atoms with van der Waals surface area (Å²) in [6.45, 7) is 2.06. The fourth-order valence-electron chi connectivity index (χ4n) is 2.43. The molecule has 0 aliphatic carbocycles. The topological polar surface area (TPSA) is 41.6 Å². The minimum atomic E-state index is 0.0381. The summed E-state index contributed by atoms with van der Waals surface area (Å²) >= 11 is 0. The summed E-state index contributed by atoms with van der Waals surface area (Å²) in [5.74, 6) is 0.195. The standard InChI is InChI=1S/C15H22N2O2/c1-19-11-7-3-6-10-17-14(18)12-16-15(17)13-8-4-2-5-9-13/h2,4-5,8-9,15-16H,3,6-7,10-12H2,1H3. The molecule has 1 aromatic rings. The maximum absolute atomic E-state index is 11.9. The Morgan fingerprint density at radius 2 is 2.05 bits per heavy atom. The van der Waals surface area contributed by atoms with Crippen molar-refractivity contribution < 1.29 is 9.53 Å². The Morgan fingerprint density at radius 3 is 2.79 bits per heavy atom. The first-order valence-electron chi connectivity index (χ1n) is 6.89. The molecule has 1 N–H and O–H groups in total. The largest absolute Gasteiger partial charge is 0.385 e. The second kappa shape index (κ2) is 7.26. The number of hydrogen-bond donors (Lipinski definition) is 1. The van der Waals surface area contributed by atoms with E-state index in [4.69, 9.17) is 4.74 Å². The van der Waals surface area contributed by atoms with Crippen molar-refractivity contribution >= 4 is 5.91 Å². The van der Waals surface area contributed by atoms with E-state index in [2.05, 4.69) is 17.4 Å². The van der Waals surface area contributed by atoms with Crippen LogP contribution in [0.5, 0.6) is 0 Å². The Kier molecular flexibility index (Phi) is 5.36. The molecule has 2 rings (SSSR count). The molecule has 0 bridgehead atoms. The van der Waals surface area contributed by atoms with Gasteiger partial charge in [-0.05, 0) is 24.8 Å². The van der Waals surface area contributed by atoms with Crippen LogP contribution in [0.15, 0.2) is 30.3 Å². The molecule has 1 saturated heterocycles. The number of rotatable bonds is 7. The Bertz CT molecular complexity index is 394. The lowest BCUT2D eigenvalue weighted by molar-refractivity contribution is -0.128. The van der Waals surface area contributed by atoms with Gasteiger partial charge in [0.25, 0.3) is 0 Å². The third kappa shape index (κ3) is 3.78. The van der Waals surface area contributed by atoms with E-state index in [-0.39, 0.29) is 12.1 Å². The van der Waals surface area contributed by atoms with Gasteiger partial charge in [-0.25, -0.2) is 0 Å². The first-order valence-corrected chi connectivity index (χ1v) is 6.89. The maximum atomic E-state index is 11.9. The summed E-state index contributed by atoms with van der Waals surface area (Å²) < 4.78 is 5.03. The molecule has 1 atom stereocenters. The summed E-state index contributed by atoms with van der Waals surface area (Å²) in [6, 6.07) is 10.1. The van der Waals surface area contributed by atoms with Gasteiger partial charge in [0.05, 0.1) is 6.54 Å². The van der Waals surface area contributed by atoms with Crippen LogP contribution in [-0.2, 0) is 9.53 Å². The van der Waals surface area contributed by atoms with Gasteiger partial charge in [0, 0.05) is 20.3 Å². The molecule has 0 spiro atoms. The van der Waals surface area contributed by atoms with Gasteiger partial charge in [-0.2, -0.15) is 0 Å². The summed E-state index contributed by atoms with van der Waals surface area (Å²) in [5, 5.41) is 3.28. The van der Waals surface area contributed by atoms with Crippen LogP contribution in [0.3, 0.4) is 0 Å². The van der Waals surface area contributed by atoms with Crippen molar-refractivity contribution in [1.29, 1.82) is 0 Å². The van der Waals surface area contributed by atoms with E-state index in [1.54, 1.807) is 7.11 Å². The molecule has 19 heavy (non-hydrogen) atoms. The van der Waals surface area contributed by atoms with Crippen molar-refractivity contribution in [3.8, 4) is 0 Å². The molecule has 1 aliphatic rings. The molecule has 104 valence electrons. The number of methoxy groups -OCH3 is 1. The number of unbranched alkanes of at least 4 members (excludes halogenated alkanes) is 2. The van der Waals surface area contributed by atoms with Gasteiger partial charge in [-0.15, -0.1) is 0 Å². The fourth-order valence-corrected chi connectivity index (χ4v) is 2.43. The molecule has 0 radical (unpaired) electrons.